The minimum Gasteiger partial charge on any atom is -0.462 e. The fraction of sp³-hybridized carbons (Fsp3) is 0.349. The van der Waals surface area contributed by atoms with E-state index in [2.05, 4.69) is 19.4 Å². The van der Waals surface area contributed by atoms with E-state index in [1.54, 1.807) is 42.2 Å². The number of carbonyl (C=O) groups excluding carboxylic acids is 4. The Kier molecular flexibility index (Phi) is 16.5. The Morgan fingerprint density at radius 1 is 0.746 bits per heavy atom. The molecule has 0 aliphatic carbocycles. The predicted molar refractivity (Wildman–Crippen MR) is 235 cm³/mol. The van der Waals surface area contributed by atoms with E-state index in [4.69, 9.17) is 16.3 Å². The van der Waals surface area contributed by atoms with Crippen LogP contribution in [-0.4, -0.2) is 96.1 Å². The lowest BCUT2D eigenvalue weighted by Crippen LogP contribution is -2.55. The van der Waals surface area contributed by atoms with Crippen molar-refractivity contribution in [1.82, 2.24) is 19.4 Å². The van der Waals surface area contributed by atoms with Gasteiger partial charge in [-0.2, -0.15) is 23.7 Å². The van der Waals surface area contributed by atoms with Gasteiger partial charge in [0.1, 0.15) is 23.8 Å². The molecule has 2 aromatic heterocycles. The molecule has 2 aliphatic heterocycles. The lowest BCUT2D eigenvalue weighted by Gasteiger charge is -2.39. The van der Waals surface area contributed by atoms with Crippen LogP contribution in [0, 0.1) is 41.4 Å². The number of benzene rings is 2. The van der Waals surface area contributed by atoms with Crippen molar-refractivity contribution < 1.29 is 58.7 Å². The zero-order valence-corrected chi connectivity index (χ0v) is 38.4. The summed E-state index contributed by atoms with van der Waals surface area (Å²) in [5, 5.41) is 19.4. The largest absolute Gasteiger partial charge is 0.462 e. The number of aryl methyl sites for hydroxylation is 2. The molecule has 354 valence electrons. The number of halogens is 4. The Balaban J connectivity index is 0.000000252. The zero-order chi connectivity index (χ0) is 49.3. The summed E-state index contributed by atoms with van der Waals surface area (Å²) in [6.45, 7) is 3.85. The highest BCUT2D eigenvalue weighted by Gasteiger charge is 2.39. The van der Waals surface area contributed by atoms with Crippen LogP contribution in [0.3, 0.4) is 0 Å². The van der Waals surface area contributed by atoms with Crippen LogP contribution in [0.15, 0.2) is 66.7 Å². The van der Waals surface area contributed by atoms with Crippen molar-refractivity contribution in [2.24, 2.45) is 11.8 Å². The first kappa shape index (κ1) is 51.2. The molecule has 18 nitrogen and oxygen atoms in total. The van der Waals surface area contributed by atoms with Gasteiger partial charge < -0.3 is 19.3 Å². The second kappa shape index (κ2) is 21.7. The molecule has 2 aliphatic rings. The highest BCUT2D eigenvalue weighted by atomic mass is 35.5. The van der Waals surface area contributed by atoms with E-state index in [0.717, 1.165) is 6.07 Å². The van der Waals surface area contributed by atoms with Crippen LogP contribution in [-0.2, 0) is 57.0 Å². The number of pyridine rings is 2. The number of ether oxygens (including phenoxy) is 2. The molecule has 0 unspecified atom stereocenters. The number of anilines is 2. The average molecular weight is 987 g/mol. The van der Waals surface area contributed by atoms with Crippen molar-refractivity contribution >= 4 is 67.0 Å². The van der Waals surface area contributed by atoms with Crippen LogP contribution < -0.4 is 19.2 Å². The van der Waals surface area contributed by atoms with Gasteiger partial charge in [-0.3, -0.25) is 19.0 Å². The van der Waals surface area contributed by atoms with Crippen molar-refractivity contribution in [3.05, 3.63) is 117 Å². The number of nitriles is 2. The lowest BCUT2D eigenvalue weighted by molar-refractivity contribution is -0.161. The number of carbonyl (C=O) groups is 4. The number of sulfonamides is 2. The smallest absolute Gasteiger partial charge is 0.422 e. The number of hydrogen-bond acceptors (Lipinski definition) is 16. The summed E-state index contributed by atoms with van der Waals surface area (Å²) in [6, 6.07) is 21.1. The van der Waals surface area contributed by atoms with E-state index in [0.29, 0.717) is 34.1 Å². The van der Waals surface area contributed by atoms with Gasteiger partial charge in [0.2, 0.25) is 31.9 Å². The van der Waals surface area contributed by atoms with Gasteiger partial charge in [-0.15, -0.1) is 0 Å². The molecule has 2 aromatic carbocycles. The second-order valence-corrected chi connectivity index (χ2v) is 19.0. The maximum absolute atomic E-state index is 12.4. The number of rotatable bonds is 15. The third-order valence-electron chi connectivity index (χ3n) is 10.0. The van der Waals surface area contributed by atoms with Gasteiger partial charge in [-0.05, 0) is 55.7 Å². The number of amides is 2. The Hall–Kier alpha value is -6.82. The normalized spacial score (nSPS) is 13.9. The lowest BCUT2D eigenvalue weighted by atomic mass is 9.98. The Morgan fingerprint density at radius 2 is 1.21 bits per heavy atom. The summed E-state index contributed by atoms with van der Waals surface area (Å²) >= 11 is 5.77. The molecule has 2 saturated heterocycles. The van der Waals surface area contributed by atoms with E-state index in [9.17, 15) is 59.7 Å². The molecule has 0 saturated carbocycles. The van der Waals surface area contributed by atoms with Crippen molar-refractivity contribution in [3.63, 3.8) is 0 Å². The summed E-state index contributed by atoms with van der Waals surface area (Å²) in [4.78, 5) is 60.8. The molecule has 0 bridgehead atoms. The highest BCUT2D eigenvalue weighted by Crippen LogP contribution is 2.30. The maximum atomic E-state index is 12.4. The third-order valence-corrected chi connectivity index (χ3v) is 12.7. The van der Waals surface area contributed by atoms with Gasteiger partial charge in [0.05, 0.1) is 63.6 Å². The molecule has 2 fully saturated rings. The van der Waals surface area contributed by atoms with Crippen LogP contribution in [0.25, 0.3) is 0 Å². The molecule has 4 heterocycles. The standard InChI is InChI=1S/C22H24N4O5S.C21H18ClF3N4O5S/c1-3-19-18(22(28)31-4-2)10-16(11-23)20(24-19)26-12-17(13-26)21(27)25-32(29,30)14-15-8-6-5-7-9-15;1-12-17(20(31)34-11-21(23,24)25)6-14(7-26)18(27-12)29-8-15(9-29)19(30)28-35(32,33)10-13-2-4-16(22)5-3-13/h5-10,17H,3-4,12-14H2,1-2H3,(H,25,27);2-6,15H,8-11H2,1H3,(H,28,30). The summed E-state index contributed by atoms with van der Waals surface area (Å²) in [7, 11) is -7.78. The molecule has 0 radical (unpaired) electrons. The van der Waals surface area contributed by atoms with Crippen LogP contribution in [0.2, 0.25) is 5.02 Å². The third kappa shape index (κ3) is 13.9. The van der Waals surface area contributed by atoms with Crippen LogP contribution in [0.4, 0.5) is 24.8 Å². The molecule has 4 aromatic rings. The number of hydrogen-bond donors (Lipinski definition) is 2. The fourth-order valence-corrected chi connectivity index (χ4v) is 9.12. The zero-order valence-electron chi connectivity index (χ0n) is 36.0. The Bertz CT molecular complexity index is 2830. The SMILES string of the molecule is CCOC(=O)c1cc(C#N)c(N2CC(C(=O)NS(=O)(=O)Cc3ccccc3)C2)nc1CC.Cc1nc(N2CC(C(=O)NS(=O)(=O)Cc3ccc(Cl)cc3)C2)c(C#N)cc1C(=O)OCC(F)(F)F. The van der Waals surface area contributed by atoms with Gasteiger partial charge in [0.15, 0.2) is 6.61 Å². The number of nitrogens with one attached hydrogen (secondary N) is 2. The molecule has 67 heavy (non-hydrogen) atoms. The first-order valence-corrected chi connectivity index (χ1v) is 23.9. The Morgan fingerprint density at radius 3 is 1.67 bits per heavy atom. The average Bonchev–Trinajstić information content (AvgIpc) is 3.22. The van der Waals surface area contributed by atoms with Crippen LogP contribution >= 0.6 is 11.6 Å². The number of aromatic nitrogens is 2. The second-order valence-electron chi connectivity index (χ2n) is 15.1. The van der Waals surface area contributed by atoms with Gasteiger partial charge in [0.25, 0.3) is 0 Å². The monoisotopic (exact) mass is 986 g/mol. The van der Waals surface area contributed by atoms with Gasteiger partial charge in [-0.25, -0.2) is 36.4 Å². The molecule has 0 atom stereocenters. The molecular weight excluding hydrogens is 945 g/mol. The molecule has 0 spiro atoms. The molecule has 24 heteroatoms. The maximum Gasteiger partial charge on any atom is 0.422 e. The van der Waals surface area contributed by atoms with Crippen molar-refractivity contribution in [2.45, 2.75) is 44.9 Å². The topological polar surface area (TPSA) is 259 Å². The highest BCUT2D eigenvalue weighted by molar-refractivity contribution is 7.89. The summed E-state index contributed by atoms with van der Waals surface area (Å²) in [5.41, 5.74) is 1.59. The summed E-state index contributed by atoms with van der Waals surface area (Å²) in [6.07, 6.45) is -4.24. The van der Waals surface area contributed by atoms with Crippen LogP contribution in [0.1, 0.15) is 68.2 Å². The van der Waals surface area contributed by atoms with E-state index in [-0.39, 0.29) is 72.3 Å². The van der Waals surface area contributed by atoms with Gasteiger partial charge >= 0.3 is 18.1 Å². The first-order valence-electron chi connectivity index (χ1n) is 20.2. The molecular formula is C43H42ClF3N8O10S2. The first-order chi connectivity index (χ1) is 31.5. The van der Waals surface area contributed by atoms with Crippen molar-refractivity contribution in [3.8, 4) is 12.1 Å². The number of esters is 2. The summed E-state index contributed by atoms with van der Waals surface area (Å²) < 4.78 is 99.5. The van der Waals surface area contributed by atoms with Crippen molar-refractivity contribution in [1.29, 1.82) is 10.5 Å². The number of alkyl halides is 3. The van der Waals surface area contributed by atoms with E-state index in [1.807, 2.05) is 23.8 Å². The molecule has 2 N–H and O–H groups in total. The Labute approximate surface area is 388 Å². The number of nitrogens with zero attached hydrogens (tertiary/aromatic N) is 6. The van der Waals surface area contributed by atoms with E-state index >= 15 is 0 Å². The van der Waals surface area contributed by atoms with E-state index in [1.165, 1.54) is 42.2 Å². The predicted octanol–water partition coefficient (Wildman–Crippen LogP) is 4.49. The minimum absolute atomic E-state index is 0.0321. The molecule has 2 amide bonds. The van der Waals surface area contributed by atoms with Gasteiger partial charge in [0, 0.05) is 31.2 Å². The molecule has 6 rings (SSSR count). The van der Waals surface area contributed by atoms with E-state index < -0.39 is 74.2 Å². The quantitative estimate of drug-likeness (QED) is 0.156. The van der Waals surface area contributed by atoms with Crippen molar-refractivity contribution in [2.75, 3.05) is 49.2 Å². The minimum atomic E-state index is -4.70. The van der Waals surface area contributed by atoms with Gasteiger partial charge in [-0.1, -0.05) is 61.0 Å². The van der Waals surface area contributed by atoms with Crippen LogP contribution in [0.5, 0.6) is 0 Å². The summed E-state index contributed by atoms with van der Waals surface area (Å²) in [5.74, 6) is -4.61. The fourth-order valence-electron chi connectivity index (χ4n) is 6.64.